The number of hydrogen-bond donors (Lipinski definition) is 1. The van der Waals surface area contributed by atoms with Crippen LogP contribution in [0.1, 0.15) is 6.92 Å². The Morgan fingerprint density at radius 1 is 0.930 bits per heavy atom. The largest absolute Gasteiger partial charge is 0.491 e. The zero-order chi connectivity index (χ0) is 30.0. The third-order valence-corrected chi connectivity index (χ3v) is 6.96. The van der Waals surface area contributed by atoms with Gasteiger partial charge >= 0.3 is 0 Å². The van der Waals surface area contributed by atoms with E-state index in [-0.39, 0.29) is 5.95 Å². The first-order valence-corrected chi connectivity index (χ1v) is 14.2. The first-order valence-electron chi connectivity index (χ1n) is 14.2. The van der Waals surface area contributed by atoms with Gasteiger partial charge in [0.15, 0.2) is 11.4 Å². The standard InChI is InChI=1S/C28H29N7O3.C5H8/c1-36-16-17-37-23-9-7-21(8-10-23)33-11-13-34(14-12-33)22-5-2-4-20(18-22)24-19-26-31-27(25-6-3-15-38-25)32-35(26)28(29)30-24;1-3-5-4-2/h2-10,15,18-19H,11-14,16-17H2,1H3,(H2,29,30);3-5H,1H2,2H3/b;5-4-. The monoisotopic (exact) mass is 579 g/mol. The summed E-state index contributed by atoms with van der Waals surface area (Å²) in [6, 6.07) is 22.2. The van der Waals surface area contributed by atoms with E-state index in [1.54, 1.807) is 25.5 Å². The van der Waals surface area contributed by atoms with Crippen molar-refractivity contribution in [2.24, 2.45) is 0 Å². The summed E-state index contributed by atoms with van der Waals surface area (Å²) < 4.78 is 17.7. The Balaban J connectivity index is 0.000000682. The maximum Gasteiger partial charge on any atom is 0.223 e. The molecule has 0 bridgehead atoms. The number of nitrogens with zero attached hydrogens (tertiary/aromatic N) is 6. The van der Waals surface area contributed by atoms with E-state index in [0.29, 0.717) is 30.4 Å². The molecule has 0 atom stereocenters. The van der Waals surface area contributed by atoms with Crippen LogP contribution in [0.4, 0.5) is 17.3 Å². The lowest BCUT2D eigenvalue weighted by atomic mass is 10.1. The minimum atomic E-state index is 0.275. The highest BCUT2D eigenvalue weighted by molar-refractivity contribution is 5.70. The van der Waals surface area contributed by atoms with Gasteiger partial charge in [-0.25, -0.2) is 9.97 Å². The summed E-state index contributed by atoms with van der Waals surface area (Å²) in [4.78, 5) is 14.0. The molecule has 5 aromatic rings. The highest BCUT2D eigenvalue weighted by atomic mass is 16.5. The number of furan rings is 1. The van der Waals surface area contributed by atoms with Gasteiger partial charge in [-0.3, -0.25) is 0 Å². The van der Waals surface area contributed by atoms with Crippen molar-refractivity contribution < 1.29 is 13.9 Å². The number of ether oxygens (including phenoxy) is 2. The van der Waals surface area contributed by atoms with Crippen molar-refractivity contribution in [1.82, 2.24) is 19.6 Å². The third kappa shape index (κ3) is 7.22. The normalized spacial score (nSPS) is 13.3. The van der Waals surface area contributed by atoms with Crippen LogP contribution in [0.3, 0.4) is 0 Å². The Hall–Kier alpha value is -5.09. The summed E-state index contributed by atoms with van der Waals surface area (Å²) in [6.45, 7) is 10.3. The highest BCUT2D eigenvalue weighted by Crippen LogP contribution is 2.28. The van der Waals surface area contributed by atoms with Crippen LogP contribution in [0.25, 0.3) is 28.5 Å². The Morgan fingerprint density at radius 2 is 1.70 bits per heavy atom. The number of hydrogen-bond acceptors (Lipinski definition) is 9. The fourth-order valence-corrected chi connectivity index (χ4v) is 4.79. The van der Waals surface area contributed by atoms with Gasteiger partial charge in [0.25, 0.3) is 0 Å². The number of fused-ring (bicyclic) bond motifs is 1. The van der Waals surface area contributed by atoms with E-state index in [4.69, 9.17) is 19.6 Å². The number of nitrogens with two attached hydrogens (primary N) is 1. The first kappa shape index (κ1) is 29.4. The Morgan fingerprint density at radius 3 is 2.35 bits per heavy atom. The van der Waals surface area contributed by atoms with Gasteiger partial charge in [-0.05, 0) is 55.5 Å². The maximum absolute atomic E-state index is 6.24. The number of rotatable bonds is 9. The smallest absolute Gasteiger partial charge is 0.223 e. The topological polar surface area (TPSA) is 107 Å². The number of anilines is 3. The van der Waals surface area contributed by atoms with E-state index in [9.17, 15) is 0 Å². The van der Waals surface area contributed by atoms with E-state index >= 15 is 0 Å². The predicted octanol–water partition coefficient (Wildman–Crippen LogP) is 5.73. The number of nitrogen functional groups attached to an aromatic ring is 1. The fraction of sp³-hybridized carbons (Fsp3) is 0.242. The second-order valence-electron chi connectivity index (χ2n) is 9.80. The van der Waals surface area contributed by atoms with Crippen molar-refractivity contribution in [3.05, 3.63) is 97.8 Å². The van der Waals surface area contributed by atoms with Gasteiger partial charge in [-0.15, -0.1) is 5.10 Å². The molecule has 43 heavy (non-hydrogen) atoms. The molecular weight excluding hydrogens is 542 g/mol. The minimum Gasteiger partial charge on any atom is -0.491 e. The molecule has 10 heteroatoms. The molecule has 0 aliphatic carbocycles. The average molecular weight is 580 g/mol. The number of piperazine rings is 1. The molecule has 0 radical (unpaired) electrons. The van der Waals surface area contributed by atoms with Crippen molar-refractivity contribution >= 4 is 23.0 Å². The lowest BCUT2D eigenvalue weighted by Gasteiger charge is -2.37. The summed E-state index contributed by atoms with van der Waals surface area (Å²) in [6.07, 6.45) is 7.17. The van der Waals surface area contributed by atoms with E-state index < -0.39 is 0 Å². The van der Waals surface area contributed by atoms with Gasteiger partial charge in [0.2, 0.25) is 11.8 Å². The van der Waals surface area contributed by atoms with Gasteiger partial charge in [0, 0.05) is 56.3 Å². The van der Waals surface area contributed by atoms with Crippen molar-refractivity contribution in [3.8, 4) is 28.6 Å². The first-order chi connectivity index (χ1) is 21.1. The number of allylic oxidation sites excluding steroid dienone is 3. The van der Waals surface area contributed by atoms with E-state index in [1.807, 2.05) is 49.4 Å². The molecule has 1 saturated heterocycles. The Kier molecular flexibility index (Phi) is 9.71. The zero-order valence-corrected chi connectivity index (χ0v) is 24.6. The van der Waals surface area contributed by atoms with Crippen LogP contribution in [0.2, 0.25) is 0 Å². The van der Waals surface area contributed by atoms with Crippen LogP contribution in [0, 0.1) is 0 Å². The number of aromatic nitrogens is 4. The number of methoxy groups -OCH3 is 1. The minimum absolute atomic E-state index is 0.275. The van der Waals surface area contributed by atoms with Crippen LogP contribution >= 0.6 is 0 Å². The van der Waals surface area contributed by atoms with Crippen molar-refractivity contribution in [3.63, 3.8) is 0 Å². The summed E-state index contributed by atoms with van der Waals surface area (Å²) in [7, 11) is 1.67. The predicted molar refractivity (Wildman–Crippen MR) is 172 cm³/mol. The molecule has 0 spiro atoms. The van der Waals surface area contributed by atoms with Crippen molar-refractivity contribution in [2.45, 2.75) is 6.92 Å². The molecule has 4 heterocycles. The third-order valence-electron chi connectivity index (χ3n) is 6.96. The van der Waals surface area contributed by atoms with E-state index in [0.717, 1.165) is 48.9 Å². The molecule has 3 aromatic heterocycles. The molecule has 222 valence electrons. The molecule has 1 aliphatic heterocycles. The molecule has 1 fully saturated rings. The van der Waals surface area contributed by atoms with Crippen LogP contribution < -0.4 is 20.3 Å². The molecule has 2 N–H and O–H groups in total. The second kappa shape index (κ2) is 14.2. The van der Waals surface area contributed by atoms with Crippen LogP contribution in [0.5, 0.6) is 5.75 Å². The molecular formula is C33H37N7O3. The van der Waals surface area contributed by atoms with Gasteiger partial charge in [0.05, 0.1) is 18.6 Å². The molecule has 10 nitrogen and oxygen atoms in total. The average Bonchev–Trinajstić information content (AvgIpc) is 3.74. The van der Waals surface area contributed by atoms with Crippen LogP contribution in [0.15, 0.2) is 102 Å². The molecule has 2 aromatic carbocycles. The molecule has 0 unspecified atom stereocenters. The summed E-state index contributed by atoms with van der Waals surface area (Å²) >= 11 is 0. The van der Waals surface area contributed by atoms with Crippen LogP contribution in [-0.4, -0.2) is 66.1 Å². The summed E-state index contributed by atoms with van der Waals surface area (Å²) in [5.41, 5.74) is 10.9. The summed E-state index contributed by atoms with van der Waals surface area (Å²) in [5.74, 6) is 2.19. The van der Waals surface area contributed by atoms with Crippen molar-refractivity contribution in [1.29, 1.82) is 0 Å². The van der Waals surface area contributed by atoms with Gasteiger partial charge < -0.3 is 29.4 Å². The number of benzene rings is 2. The Labute approximate surface area is 251 Å². The second-order valence-corrected chi connectivity index (χ2v) is 9.80. The Bertz CT molecular complexity index is 1640. The van der Waals surface area contributed by atoms with E-state index in [1.165, 1.54) is 10.2 Å². The van der Waals surface area contributed by atoms with Crippen LogP contribution in [-0.2, 0) is 4.74 Å². The van der Waals surface area contributed by atoms with Gasteiger partial charge in [0.1, 0.15) is 12.4 Å². The van der Waals surface area contributed by atoms with Gasteiger partial charge in [-0.1, -0.05) is 36.9 Å². The molecule has 6 rings (SSSR count). The molecule has 1 aliphatic rings. The highest BCUT2D eigenvalue weighted by Gasteiger charge is 2.19. The maximum atomic E-state index is 6.24. The molecule has 0 saturated carbocycles. The summed E-state index contributed by atoms with van der Waals surface area (Å²) in [5, 5.41) is 4.43. The lowest BCUT2D eigenvalue weighted by molar-refractivity contribution is 0.146. The zero-order valence-electron chi connectivity index (χ0n) is 24.6. The lowest BCUT2D eigenvalue weighted by Crippen LogP contribution is -2.46. The quantitative estimate of drug-likeness (QED) is 0.173. The fourth-order valence-electron chi connectivity index (χ4n) is 4.79. The SMILES string of the molecule is C=C/C=C\C.COCCOc1ccc(N2CCN(c3cccc(-c4cc5nc(-c6ccco6)nn5c(N)n4)c3)CC2)cc1. The van der Waals surface area contributed by atoms with E-state index in [2.05, 4.69) is 61.8 Å². The van der Waals surface area contributed by atoms with Gasteiger partial charge in [-0.2, -0.15) is 4.52 Å². The molecule has 0 amide bonds. The van der Waals surface area contributed by atoms with Crippen molar-refractivity contribution in [2.75, 3.05) is 62.0 Å².